The highest BCUT2D eigenvalue weighted by Crippen LogP contribution is 2.24. The minimum atomic E-state index is 0.436. The van der Waals surface area contributed by atoms with Crippen molar-refractivity contribution in [2.75, 3.05) is 31.6 Å². The van der Waals surface area contributed by atoms with Crippen LogP contribution in [0.2, 0.25) is 0 Å². The van der Waals surface area contributed by atoms with Crippen molar-refractivity contribution in [1.29, 1.82) is 0 Å². The molecule has 1 aromatic rings. The summed E-state index contributed by atoms with van der Waals surface area (Å²) >= 11 is 0. The second-order valence-corrected chi connectivity index (χ2v) is 5.62. The van der Waals surface area contributed by atoms with Crippen molar-refractivity contribution in [2.45, 2.75) is 38.8 Å². The van der Waals surface area contributed by atoms with Gasteiger partial charge in [-0.1, -0.05) is 12.1 Å². The van der Waals surface area contributed by atoms with Crippen LogP contribution in [0.25, 0.3) is 0 Å². The number of likely N-dealkylation sites (tertiary alicyclic amines) is 1. The number of nitrogens with zero attached hydrogens (tertiary/aromatic N) is 1. The SMILES string of the molecule is CCOC1CCCN(Cc2ccc3c(c2)NCC3)C1. The zero-order valence-electron chi connectivity index (χ0n) is 11.8. The van der Waals surface area contributed by atoms with Gasteiger partial charge in [0.15, 0.2) is 0 Å². The molecule has 19 heavy (non-hydrogen) atoms. The topological polar surface area (TPSA) is 24.5 Å². The lowest BCUT2D eigenvalue weighted by atomic mass is 10.1. The molecule has 0 radical (unpaired) electrons. The number of nitrogens with one attached hydrogen (secondary N) is 1. The summed E-state index contributed by atoms with van der Waals surface area (Å²) in [5.41, 5.74) is 4.23. The Bertz CT molecular complexity index is 431. The highest BCUT2D eigenvalue weighted by atomic mass is 16.5. The second-order valence-electron chi connectivity index (χ2n) is 5.62. The van der Waals surface area contributed by atoms with Crippen molar-refractivity contribution in [3.8, 4) is 0 Å². The molecule has 2 aliphatic rings. The molecule has 2 heterocycles. The number of hydrogen-bond acceptors (Lipinski definition) is 3. The molecule has 0 aromatic heterocycles. The molecule has 3 nitrogen and oxygen atoms in total. The van der Waals surface area contributed by atoms with E-state index in [2.05, 4.69) is 35.3 Å². The average molecular weight is 260 g/mol. The Morgan fingerprint density at radius 3 is 3.26 bits per heavy atom. The van der Waals surface area contributed by atoms with E-state index in [0.717, 1.165) is 26.2 Å². The minimum Gasteiger partial charge on any atom is -0.384 e. The van der Waals surface area contributed by atoms with Gasteiger partial charge in [-0.3, -0.25) is 4.90 Å². The number of piperidine rings is 1. The molecule has 1 unspecified atom stereocenters. The average Bonchev–Trinajstić information content (AvgIpc) is 2.87. The van der Waals surface area contributed by atoms with Crippen molar-refractivity contribution >= 4 is 5.69 Å². The first-order valence-electron chi connectivity index (χ1n) is 7.55. The van der Waals surface area contributed by atoms with Gasteiger partial charge in [0, 0.05) is 31.9 Å². The van der Waals surface area contributed by atoms with Crippen LogP contribution in [0, 0.1) is 0 Å². The molecule has 0 saturated carbocycles. The normalized spacial score (nSPS) is 23.1. The van der Waals surface area contributed by atoms with Gasteiger partial charge < -0.3 is 10.1 Å². The molecule has 0 amide bonds. The quantitative estimate of drug-likeness (QED) is 0.900. The lowest BCUT2D eigenvalue weighted by Crippen LogP contribution is -2.39. The number of rotatable bonds is 4. The highest BCUT2D eigenvalue weighted by molar-refractivity contribution is 5.57. The molecule has 0 spiro atoms. The Morgan fingerprint density at radius 2 is 2.37 bits per heavy atom. The third-order valence-corrected chi connectivity index (χ3v) is 4.15. The summed E-state index contributed by atoms with van der Waals surface area (Å²) in [7, 11) is 0. The molecular formula is C16H24N2O. The molecule has 2 aliphatic heterocycles. The van der Waals surface area contributed by atoms with Crippen LogP contribution in [0.4, 0.5) is 5.69 Å². The third-order valence-electron chi connectivity index (χ3n) is 4.15. The summed E-state index contributed by atoms with van der Waals surface area (Å²) in [6.07, 6.45) is 4.08. The lowest BCUT2D eigenvalue weighted by molar-refractivity contribution is 0.00364. The van der Waals surface area contributed by atoms with E-state index in [1.54, 1.807) is 0 Å². The Hall–Kier alpha value is -1.06. The maximum absolute atomic E-state index is 5.77. The molecule has 104 valence electrons. The number of anilines is 1. The largest absolute Gasteiger partial charge is 0.384 e. The Kier molecular flexibility index (Phi) is 4.04. The first kappa shape index (κ1) is 12.9. The monoisotopic (exact) mass is 260 g/mol. The van der Waals surface area contributed by atoms with Crippen LogP contribution < -0.4 is 5.32 Å². The zero-order chi connectivity index (χ0) is 13.1. The summed E-state index contributed by atoms with van der Waals surface area (Å²) in [6, 6.07) is 6.90. The first-order chi connectivity index (χ1) is 9.35. The van der Waals surface area contributed by atoms with Gasteiger partial charge in [0.25, 0.3) is 0 Å². The summed E-state index contributed by atoms with van der Waals surface area (Å²) in [4.78, 5) is 2.53. The Balaban J connectivity index is 1.61. The predicted octanol–water partition coefficient (Wildman–Crippen LogP) is 2.66. The van der Waals surface area contributed by atoms with Gasteiger partial charge >= 0.3 is 0 Å². The second kappa shape index (κ2) is 5.93. The fourth-order valence-electron chi connectivity index (χ4n) is 3.22. The van der Waals surface area contributed by atoms with Gasteiger partial charge in [0.05, 0.1) is 6.10 Å². The molecule has 1 saturated heterocycles. The van der Waals surface area contributed by atoms with Crippen LogP contribution in [0.3, 0.4) is 0 Å². The predicted molar refractivity (Wildman–Crippen MR) is 78.6 cm³/mol. The summed E-state index contributed by atoms with van der Waals surface area (Å²) in [5, 5.41) is 3.46. The van der Waals surface area contributed by atoms with Gasteiger partial charge in [-0.25, -0.2) is 0 Å². The van der Waals surface area contributed by atoms with E-state index in [0.29, 0.717) is 6.10 Å². The van der Waals surface area contributed by atoms with Crippen LogP contribution in [-0.4, -0.2) is 37.2 Å². The zero-order valence-corrected chi connectivity index (χ0v) is 11.8. The van der Waals surface area contributed by atoms with Crippen molar-refractivity contribution in [3.63, 3.8) is 0 Å². The lowest BCUT2D eigenvalue weighted by Gasteiger charge is -2.32. The molecule has 3 heteroatoms. The fourth-order valence-corrected chi connectivity index (χ4v) is 3.22. The molecule has 0 aliphatic carbocycles. The first-order valence-corrected chi connectivity index (χ1v) is 7.55. The molecule has 1 fully saturated rings. The van der Waals surface area contributed by atoms with E-state index in [1.807, 2.05) is 0 Å². The fraction of sp³-hybridized carbons (Fsp3) is 0.625. The number of benzene rings is 1. The number of fused-ring (bicyclic) bond motifs is 1. The van der Waals surface area contributed by atoms with Crippen molar-refractivity contribution in [3.05, 3.63) is 29.3 Å². The maximum Gasteiger partial charge on any atom is 0.0702 e. The molecule has 1 atom stereocenters. The van der Waals surface area contributed by atoms with Crippen molar-refractivity contribution in [2.24, 2.45) is 0 Å². The highest BCUT2D eigenvalue weighted by Gasteiger charge is 2.20. The van der Waals surface area contributed by atoms with Crippen LogP contribution >= 0.6 is 0 Å². The Morgan fingerprint density at radius 1 is 1.42 bits per heavy atom. The van der Waals surface area contributed by atoms with Crippen LogP contribution in [0.15, 0.2) is 18.2 Å². The van der Waals surface area contributed by atoms with Gasteiger partial charge in [0.1, 0.15) is 0 Å². The third kappa shape index (κ3) is 3.10. The van der Waals surface area contributed by atoms with Crippen LogP contribution in [-0.2, 0) is 17.7 Å². The summed E-state index contributed by atoms with van der Waals surface area (Å²) in [5.74, 6) is 0. The number of hydrogen-bond donors (Lipinski definition) is 1. The van der Waals surface area contributed by atoms with E-state index >= 15 is 0 Å². The van der Waals surface area contributed by atoms with E-state index in [-0.39, 0.29) is 0 Å². The Labute approximate surface area is 115 Å². The standard InChI is InChI=1S/C16H24N2O/c1-2-19-15-4-3-9-18(12-15)11-13-5-6-14-7-8-17-16(14)10-13/h5-6,10,15,17H,2-4,7-9,11-12H2,1H3. The van der Waals surface area contributed by atoms with Crippen LogP contribution in [0.5, 0.6) is 0 Å². The molecule has 1 aromatic carbocycles. The number of ether oxygens (including phenoxy) is 1. The molecule has 0 bridgehead atoms. The van der Waals surface area contributed by atoms with Gasteiger partial charge in [-0.15, -0.1) is 0 Å². The summed E-state index contributed by atoms with van der Waals surface area (Å²) < 4.78 is 5.77. The smallest absolute Gasteiger partial charge is 0.0702 e. The molecule has 1 N–H and O–H groups in total. The van der Waals surface area contributed by atoms with Crippen molar-refractivity contribution < 1.29 is 4.74 Å². The van der Waals surface area contributed by atoms with Gasteiger partial charge in [0.2, 0.25) is 0 Å². The molecule has 3 rings (SSSR count). The molecular weight excluding hydrogens is 236 g/mol. The minimum absolute atomic E-state index is 0.436. The summed E-state index contributed by atoms with van der Waals surface area (Å²) in [6.45, 7) is 7.35. The maximum atomic E-state index is 5.77. The van der Waals surface area contributed by atoms with Crippen molar-refractivity contribution in [1.82, 2.24) is 4.90 Å². The van der Waals surface area contributed by atoms with E-state index < -0.39 is 0 Å². The van der Waals surface area contributed by atoms with E-state index in [4.69, 9.17) is 4.74 Å². The van der Waals surface area contributed by atoms with E-state index in [1.165, 1.54) is 42.6 Å². The van der Waals surface area contributed by atoms with Crippen LogP contribution in [0.1, 0.15) is 30.9 Å². The van der Waals surface area contributed by atoms with Gasteiger partial charge in [-0.05, 0) is 49.9 Å². The van der Waals surface area contributed by atoms with E-state index in [9.17, 15) is 0 Å². The van der Waals surface area contributed by atoms with Gasteiger partial charge in [-0.2, -0.15) is 0 Å².